The standard InChI is InChI=1S/C13H21F3N2O/c1-2-3-5-17-12(19)11-9-7-18(8-10(9)11)6-4-13(14,15)16/h9-11H,2-8H2,1H3,(H,17,19). The normalized spacial score (nSPS) is 30.2. The SMILES string of the molecule is CCCCNC(=O)C1C2CN(CCC(F)(F)F)CC21. The molecule has 6 heteroatoms. The van der Waals surface area contributed by atoms with Crippen molar-refractivity contribution in [2.75, 3.05) is 26.2 Å². The number of hydrogen-bond donors (Lipinski definition) is 1. The first-order valence-corrected chi connectivity index (χ1v) is 6.99. The highest BCUT2D eigenvalue weighted by Gasteiger charge is 2.59. The summed E-state index contributed by atoms with van der Waals surface area (Å²) >= 11 is 0. The van der Waals surface area contributed by atoms with Crippen LogP contribution in [0.15, 0.2) is 0 Å². The molecule has 2 atom stereocenters. The first-order chi connectivity index (χ1) is 8.92. The van der Waals surface area contributed by atoms with E-state index in [1.165, 1.54) is 0 Å². The van der Waals surface area contributed by atoms with Gasteiger partial charge in [0.2, 0.25) is 5.91 Å². The van der Waals surface area contributed by atoms with Gasteiger partial charge in [-0.05, 0) is 18.3 Å². The van der Waals surface area contributed by atoms with Crippen molar-refractivity contribution in [3.63, 3.8) is 0 Å². The van der Waals surface area contributed by atoms with Gasteiger partial charge in [0.1, 0.15) is 0 Å². The van der Waals surface area contributed by atoms with Crippen molar-refractivity contribution >= 4 is 5.91 Å². The lowest BCUT2D eigenvalue weighted by Crippen LogP contribution is -2.33. The molecule has 0 aromatic heterocycles. The molecule has 0 radical (unpaired) electrons. The van der Waals surface area contributed by atoms with Gasteiger partial charge < -0.3 is 10.2 Å². The van der Waals surface area contributed by atoms with Gasteiger partial charge in [-0.3, -0.25) is 4.79 Å². The van der Waals surface area contributed by atoms with Gasteiger partial charge in [-0.25, -0.2) is 0 Å². The minimum absolute atomic E-state index is 0.0546. The van der Waals surface area contributed by atoms with Crippen LogP contribution < -0.4 is 5.32 Å². The largest absolute Gasteiger partial charge is 0.390 e. The zero-order chi connectivity index (χ0) is 14.0. The van der Waals surface area contributed by atoms with Gasteiger partial charge in [0, 0.05) is 32.1 Å². The molecule has 1 aliphatic carbocycles. The van der Waals surface area contributed by atoms with Crippen LogP contribution in [0, 0.1) is 17.8 Å². The van der Waals surface area contributed by atoms with Gasteiger partial charge in [0.25, 0.3) is 0 Å². The second-order valence-electron chi connectivity index (χ2n) is 5.62. The molecule has 1 heterocycles. The summed E-state index contributed by atoms with van der Waals surface area (Å²) in [5.41, 5.74) is 0. The molecule has 2 unspecified atom stereocenters. The Labute approximate surface area is 111 Å². The number of amides is 1. The summed E-state index contributed by atoms with van der Waals surface area (Å²) in [5.74, 6) is 0.725. The molecular weight excluding hydrogens is 257 g/mol. The average molecular weight is 278 g/mol. The first-order valence-electron chi connectivity index (χ1n) is 6.99. The summed E-state index contributed by atoms with van der Waals surface area (Å²) in [6.45, 7) is 4.14. The molecule has 2 aliphatic rings. The Morgan fingerprint density at radius 3 is 2.47 bits per heavy atom. The summed E-state index contributed by atoms with van der Waals surface area (Å²) in [4.78, 5) is 13.6. The Morgan fingerprint density at radius 1 is 1.32 bits per heavy atom. The first kappa shape index (κ1) is 14.6. The molecule has 1 N–H and O–H groups in total. The number of likely N-dealkylation sites (tertiary alicyclic amines) is 1. The summed E-state index contributed by atoms with van der Waals surface area (Å²) in [5, 5.41) is 2.91. The van der Waals surface area contributed by atoms with Crippen LogP contribution in [0.2, 0.25) is 0 Å². The third-order valence-electron chi connectivity index (χ3n) is 4.11. The lowest BCUT2D eigenvalue weighted by Gasteiger charge is -2.19. The minimum Gasteiger partial charge on any atom is -0.356 e. The maximum absolute atomic E-state index is 12.1. The highest BCUT2D eigenvalue weighted by Crippen LogP contribution is 2.51. The highest BCUT2D eigenvalue weighted by molar-refractivity contribution is 5.82. The van der Waals surface area contributed by atoms with Gasteiger partial charge >= 0.3 is 6.18 Å². The van der Waals surface area contributed by atoms with Gasteiger partial charge in [-0.1, -0.05) is 13.3 Å². The van der Waals surface area contributed by atoms with Crippen molar-refractivity contribution in [3.8, 4) is 0 Å². The lowest BCUT2D eigenvalue weighted by molar-refractivity contribution is -0.138. The molecule has 0 bridgehead atoms. The van der Waals surface area contributed by atoms with Crippen LogP contribution in [0.5, 0.6) is 0 Å². The number of rotatable bonds is 6. The van der Waals surface area contributed by atoms with Gasteiger partial charge in [-0.2, -0.15) is 13.2 Å². The molecular formula is C13H21F3N2O. The fourth-order valence-corrected chi connectivity index (χ4v) is 2.98. The van der Waals surface area contributed by atoms with Crippen LogP contribution in [-0.2, 0) is 4.79 Å². The smallest absolute Gasteiger partial charge is 0.356 e. The third kappa shape index (κ3) is 3.84. The van der Waals surface area contributed by atoms with E-state index in [0.29, 0.717) is 19.6 Å². The molecule has 1 saturated heterocycles. The molecule has 0 spiro atoms. The van der Waals surface area contributed by atoms with Gasteiger partial charge in [0.05, 0.1) is 6.42 Å². The van der Waals surface area contributed by atoms with Crippen molar-refractivity contribution in [3.05, 3.63) is 0 Å². The number of piperidine rings is 1. The molecule has 0 aromatic rings. The van der Waals surface area contributed by atoms with E-state index in [4.69, 9.17) is 0 Å². The van der Waals surface area contributed by atoms with Crippen LogP contribution in [0.1, 0.15) is 26.2 Å². The number of nitrogens with zero attached hydrogens (tertiary/aromatic N) is 1. The second kappa shape index (κ2) is 5.69. The van der Waals surface area contributed by atoms with E-state index in [0.717, 1.165) is 12.8 Å². The fourth-order valence-electron chi connectivity index (χ4n) is 2.98. The number of alkyl halides is 3. The molecule has 0 aromatic carbocycles. The quantitative estimate of drug-likeness (QED) is 0.754. The number of carbonyl (C=O) groups is 1. The van der Waals surface area contributed by atoms with Crippen molar-refractivity contribution in [1.29, 1.82) is 0 Å². The second-order valence-corrected chi connectivity index (χ2v) is 5.62. The summed E-state index contributed by atoms with van der Waals surface area (Å²) in [6.07, 6.45) is -2.81. The maximum Gasteiger partial charge on any atom is 0.390 e. The van der Waals surface area contributed by atoms with Crippen molar-refractivity contribution in [1.82, 2.24) is 10.2 Å². The number of halogens is 3. The Kier molecular flexibility index (Phi) is 4.38. The fraction of sp³-hybridized carbons (Fsp3) is 0.923. The van der Waals surface area contributed by atoms with Crippen molar-refractivity contribution in [2.24, 2.45) is 17.8 Å². The Hall–Kier alpha value is -0.780. The molecule has 2 rings (SSSR count). The predicted molar refractivity (Wildman–Crippen MR) is 65.5 cm³/mol. The van der Waals surface area contributed by atoms with E-state index in [9.17, 15) is 18.0 Å². The van der Waals surface area contributed by atoms with Crippen LogP contribution in [0.25, 0.3) is 0 Å². The minimum atomic E-state index is -4.08. The van der Waals surface area contributed by atoms with Crippen LogP contribution in [0.4, 0.5) is 13.2 Å². The molecule has 1 amide bonds. The zero-order valence-corrected chi connectivity index (χ0v) is 11.2. The molecule has 19 heavy (non-hydrogen) atoms. The average Bonchev–Trinajstić information content (AvgIpc) is 2.82. The monoisotopic (exact) mass is 278 g/mol. The molecule has 1 aliphatic heterocycles. The molecule has 2 fully saturated rings. The molecule has 3 nitrogen and oxygen atoms in total. The zero-order valence-electron chi connectivity index (χ0n) is 11.2. The Bertz CT molecular complexity index is 320. The van der Waals surface area contributed by atoms with E-state index in [1.807, 2.05) is 4.90 Å². The Balaban J connectivity index is 1.65. The third-order valence-corrected chi connectivity index (χ3v) is 4.11. The van der Waals surface area contributed by atoms with E-state index in [-0.39, 0.29) is 30.2 Å². The van der Waals surface area contributed by atoms with E-state index in [2.05, 4.69) is 12.2 Å². The van der Waals surface area contributed by atoms with E-state index < -0.39 is 12.6 Å². The number of carbonyl (C=O) groups excluding carboxylic acids is 1. The number of hydrogen-bond acceptors (Lipinski definition) is 2. The Morgan fingerprint density at radius 2 is 1.95 bits per heavy atom. The highest BCUT2D eigenvalue weighted by atomic mass is 19.4. The van der Waals surface area contributed by atoms with Crippen molar-refractivity contribution < 1.29 is 18.0 Å². The number of unbranched alkanes of at least 4 members (excludes halogenated alkanes) is 1. The van der Waals surface area contributed by atoms with Crippen molar-refractivity contribution in [2.45, 2.75) is 32.4 Å². The number of fused-ring (bicyclic) bond motifs is 1. The predicted octanol–water partition coefficient (Wildman–Crippen LogP) is 2.03. The van der Waals surface area contributed by atoms with Crippen LogP contribution >= 0.6 is 0 Å². The summed E-state index contributed by atoms with van der Waals surface area (Å²) in [7, 11) is 0. The van der Waals surface area contributed by atoms with E-state index >= 15 is 0 Å². The molecule has 1 saturated carbocycles. The summed E-state index contributed by atoms with van der Waals surface area (Å²) < 4.78 is 36.3. The topological polar surface area (TPSA) is 32.3 Å². The van der Waals surface area contributed by atoms with Gasteiger partial charge in [-0.15, -0.1) is 0 Å². The van der Waals surface area contributed by atoms with E-state index in [1.54, 1.807) is 0 Å². The number of nitrogens with one attached hydrogen (secondary N) is 1. The lowest BCUT2D eigenvalue weighted by atomic mass is 10.2. The van der Waals surface area contributed by atoms with Crippen LogP contribution in [-0.4, -0.2) is 43.2 Å². The van der Waals surface area contributed by atoms with Gasteiger partial charge in [0.15, 0.2) is 0 Å². The van der Waals surface area contributed by atoms with Crippen LogP contribution in [0.3, 0.4) is 0 Å². The summed E-state index contributed by atoms with van der Waals surface area (Å²) in [6, 6.07) is 0. The molecule has 110 valence electrons. The maximum atomic E-state index is 12.1.